The van der Waals surface area contributed by atoms with Gasteiger partial charge in [0.1, 0.15) is 5.82 Å². The third-order valence-electron chi connectivity index (χ3n) is 2.16. The monoisotopic (exact) mass is 288 g/mol. The summed E-state index contributed by atoms with van der Waals surface area (Å²) in [6.07, 6.45) is 0. The molecule has 0 aliphatic carbocycles. The predicted octanol–water partition coefficient (Wildman–Crippen LogP) is 2.30. The molecule has 1 N–H and O–H groups in total. The van der Waals surface area contributed by atoms with E-state index in [1.807, 2.05) is 4.72 Å². The van der Waals surface area contributed by atoms with Crippen molar-refractivity contribution in [2.75, 3.05) is 4.72 Å². The number of nitrogens with one attached hydrogen (secondary N) is 1. The summed E-state index contributed by atoms with van der Waals surface area (Å²) in [5.41, 5.74) is 0. The first kappa shape index (κ1) is 13.3. The molecule has 0 amide bonds. The molecule has 1 heterocycles. The number of halogens is 3. The second kappa shape index (κ2) is 4.88. The third-order valence-corrected chi connectivity index (χ3v) is 3.51. The number of hydrogen-bond acceptors (Lipinski definition) is 3. The molecule has 4 nitrogen and oxygen atoms in total. The van der Waals surface area contributed by atoms with Gasteiger partial charge in [0.05, 0.1) is 4.90 Å². The number of sulfonamides is 1. The zero-order valence-electron chi connectivity index (χ0n) is 9.27. The highest BCUT2D eigenvalue weighted by Crippen LogP contribution is 2.17. The second-order valence-corrected chi connectivity index (χ2v) is 5.21. The normalized spacial score (nSPS) is 11.3. The standard InChI is InChI=1S/C11H7F3N2O2S/c12-8-5-4-7(6-9(8)13)19(17,18)16-11-3-1-2-10(14)15-11/h1-6H,(H,15,16). The lowest BCUT2D eigenvalue weighted by Crippen LogP contribution is -2.14. The fraction of sp³-hybridized carbons (Fsp3) is 0. The number of hydrogen-bond donors (Lipinski definition) is 1. The maximum absolute atomic E-state index is 13.0. The minimum Gasteiger partial charge on any atom is -0.263 e. The van der Waals surface area contributed by atoms with Crippen molar-refractivity contribution in [3.63, 3.8) is 0 Å². The summed E-state index contributed by atoms with van der Waals surface area (Å²) >= 11 is 0. The number of pyridine rings is 1. The van der Waals surface area contributed by atoms with Gasteiger partial charge in [-0.25, -0.2) is 22.2 Å². The van der Waals surface area contributed by atoms with Crippen LogP contribution in [0.2, 0.25) is 0 Å². The van der Waals surface area contributed by atoms with Gasteiger partial charge in [-0.15, -0.1) is 0 Å². The van der Waals surface area contributed by atoms with Crippen molar-refractivity contribution in [2.45, 2.75) is 4.90 Å². The van der Waals surface area contributed by atoms with E-state index in [0.717, 1.165) is 12.1 Å². The van der Waals surface area contributed by atoms with Gasteiger partial charge in [0.2, 0.25) is 5.95 Å². The van der Waals surface area contributed by atoms with Crippen molar-refractivity contribution in [1.29, 1.82) is 0 Å². The van der Waals surface area contributed by atoms with Crippen molar-refractivity contribution in [3.8, 4) is 0 Å². The Bertz CT molecular complexity index is 720. The lowest BCUT2D eigenvalue weighted by Gasteiger charge is -2.07. The average molecular weight is 288 g/mol. The SMILES string of the molecule is O=S(=O)(Nc1cccc(F)n1)c1ccc(F)c(F)c1. The molecule has 2 rings (SSSR count). The molecule has 0 spiro atoms. The first-order valence-electron chi connectivity index (χ1n) is 4.99. The van der Waals surface area contributed by atoms with Crippen LogP contribution < -0.4 is 4.72 Å². The van der Waals surface area contributed by atoms with E-state index < -0.39 is 32.5 Å². The minimum absolute atomic E-state index is 0.260. The molecule has 100 valence electrons. The Balaban J connectivity index is 2.35. The van der Waals surface area contributed by atoms with Crippen LogP contribution in [0.25, 0.3) is 0 Å². The molecule has 0 aliphatic rings. The van der Waals surface area contributed by atoms with E-state index in [9.17, 15) is 21.6 Å². The quantitative estimate of drug-likeness (QED) is 0.882. The highest BCUT2D eigenvalue weighted by molar-refractivity contribution is 7.92. The Morgan fingerprint density at radius 2 is 1.74 bits per heavy atom. The predicted molar refractivity (Wildman–Crippen MR) is 61.4 cm³/mol. The van der Waals surface area contributed by atoms with Crippen LogP contribution in [0.3, 0.4) is 0 Å². The summed E-state index contributed by atoms with van der Waals surface area (Å²) in [6.45, 7) is 0. The van der Waals surface area contributed by atoms with E-state index >= 15 is 0 Å². The Labute approximate surface area is 107 Å². The number of rotatable bonds is 3. The molecule has 0 saturated carbocycles. The maximum Gasteiger partial charge on any atom is 0.263 e. The van der Waals surface area contributed by atoms with Crippen molar-refractivity contribution < 1.29 is 21.6 Å². The molecule has 1 aromatic carbocycles. The van der Waals surface area contributed by atoms with Crippen LogP contribution >= 0.6 is 0 Å². The molecule has 0 atom stereocenters. The first-order valence-corrected chi connectivity index (χ1v) is 6.47. The van der Waals surface area contributed by atoms with E-state index in [2.05, 4.69) is 4.98 Å². The zero-order valence-corrected chi connectivity index (χ0v) is 10.1. The van der Waals surface area contributed by atoms with Crippen molar-refractivity contribution in [3.05, 3.63) is 54.0 Å². The highest BCUT2D eigenvalue weighted by Gasteiger charge is 2.17. The summed E-state index contributed by atoms with van der Waals surface area (Å²) in [6, 6.07) is 5.61. The minimum atomic E-state index is -4.16. The smallest absolute Gasteiger partial charge is 0.263 e. The molecule has 0 radical (unpaired) electrons. The lowest BCUT2D eigenvalue weighted by atomic mass is 10.3. The summed E-state index contributed by atoms with van der Waals surface area (Å²) < 4.78 is 64.1. The Morgan fingerprint density at radius 1 is 1.00 bits per heavy atom. The van der Waals surface area contributed by atoms with Gasteiger partial charge >= 0.3 is 0 Å². The summed E-state index contributed by atoms with van der Waals surface area (Å²) in [7, 11) is -4.16. The van der Waals surface area contributed by atoms with Gasteiger partial charge in [-0.3, -0.25) is 4.72 Å². The second-order valence-electron chi connectivity index (χ2n) is 3.53. The molecule has 19 heavy (non-hydrogen) atoms. The van der Waals surface area contributed by atoms with E-state index in [-0.39, 0.29) is 5.82 Å². The molecular formula is C11H7F3N2O2S. The molecule has 0 saturated heterocycles. The highest BCUT2D eigenvalue weighted by atomic mass is 32.2. The topological polar surface area (TPSA) is 59.1 Å². The average Bonchev–Trinajstić information content (AvgIpc) is 2.32. The fourth-order valence-electron chi connectivity index (χ4n) is 1.31. The molecule has 0 bridgehead atoms. The number of anilines is 1. The molecular weight excluding hydrogens is 281 g/mol. The maximum atomic E-state index is 13.0. The summed E-state index contributed by atoms with van der Waals surface area (Å²) in [5, 5.41) is 0. The van der Waals surface area contributed by atoms with Crippen LogP contribution in [0, 0.1) is 17.6 Å². The number of nitrogens with zero attached hydrogens (tertiary/aromatic N) is 1. The van der Waals surface area contributed by atoms with E-state index in [1.165, 1.54) is 12.1 Å². The van der Waals surface area contributed by atoms with Gasteiger partial charge < -0.3 is 0 Å². The van der Waals surface area contributed by atoms with E-state index in [4.69, 9.17) is 0 Å². The largest absolute Gasteiger partial charge is 0.263 e. The molecule has 2 aromatic rings. The van der Waals surface area contributed by atoms with Crippen molar-refractivity contribution in [1.82, 2.24) is 4.98 Å². The molecule has 8 heteroatoms. The molecule has 0 unspecified atom stereocenters. The van der Waals surface area contributed by atoms with Crippen LogP contribution in [0.15, 0.2) is 41.3 Å². The Morgan fingerprint density at radius 3 is 2.37 bits per heavy atom. The summed E-state index contributed by atoms with van der Waals surface area (Å²) in [4.78, 5) is 2.81. The molecule has 0 fully saturated rings. The van der Waals surface area contributed by atoms with Crippen molar-refractivity contribution in [2.24, 2.45) is 0 Å². The number of aromatic nitrogens is 1. The van der Waals surface area contributed by atoms with Crippen LogP contribution in [0.1, 0.15) is 0 Å². The van der Waals surface area contributed by atoms with Gasteiger partial charge in [0.15, 0.2) is 11.6 Å². The molecule has 0 aliphatic heterocycles. The zero-order chi connectivity index (χ0) is 14.0. The van der Waals surface area contributed by atoms with Gasteiger partial charge in [-0.05, 0) is 30.3 Å². The van der Waals surface area contributed by atoms with Crippen molar-refractivity contribution >= 4 is 15.8 Å². The van der Waals surface area contributed by atoms with Gasteiger partial charge in [0.25, 0.3) is 10.0 Å². The first-order chi connectivity index (χ1) is 8.88. The Kier molecular flexibility index (Phi) is 3.43. The van der Waals surface area contributed by atoms with Crippen LogP contribution in [0.5, 0.6) is 0 Å². The van der Waals surface area contributed by atoms with E-state index in [1.54, 1.807) is 0 Å². The van der Waals surface area contributed by atoms with Gasteiger partial charge in [-0.1, -0.05) is 6.07 Å². The lowest BCUT2D eigenvalue weighted by molar-refractivity contribution is 0.504. The third kappa shape index (κ3) is 3.02. The van der Waals surface area contributed by atoms with Crippen LogP contribution in [-0.2, 0) is 10.0 Å². The van der Waals surface area contributed by atoms with Crippen LogP contribution in [0.4, 0.5) is 19.0 Å². The Hall–Kier alpha value is -2.09. The van der Waals surface area contributed by atoms with E-state index in [0.29, 0.717) is 12.1 Å². The summed E-state index contributed by atoms with van der Waals surface area (Å²) in [5.74, 6) is -3.59. The molecule has 1 aromatic heterocycles. The fourth-order valence-corrected chi connectivity index (χ4v) is 2.32. The van der Waals surface area contributed by atoms with Gasteiger partial charge in [-0.2, -0.15) is 4.39 Å². The van der Waals surface area contributed by atoms with Crippen LogP contribution in [-0.4, -0.2) is 13.4 Å². The van der Waals surface area contributed by atoms with Gasteiger partial charge in [0, 0.05) is 0 Å². The number of benzene rings is 1.